The van der Waals surface area contributed by atoms with Gasteiger partial charge in [0.15, 0.2) is 9.84 Å². The van der Waals surface area contributed by atoms with Crippen LogP contribution in [0.2, 0.25) is 0 Å². The van der Waals surface area contributed by atoms with Crippen molar-refractivity contribution in [2.45, 2.75) is 18.2 Å². The van der Waals surface area contributed by atoms with Crippen LogP contribution < -0.4 is 11.1 Å². The molecule has 0 unspecified atom stereocenters. The van der Waals surface area contributed by atoms with E-state index in [9.17, 15) is 13.2 Å². The quantitative estimate of drug-likeness (QED) is 0.598. The predicted octanol–water partition coefficient (Wildman–Crippen LogP) is 0.381. The molecule has 1 aromatic carbocycles. The average Bonchev–Trinajstić information content (AvgIpc) is 2.32. The molecule has 0 bridgehead atoms. The van der Waals surface area contributed by atoms with Crippen LogP contribution in [0.5, 0.6) is 0 Å². The molecule has 1 rings (SSSR count). The largest absolute Gasteiger partial charge is 0.397 e. The van der Waals surface area contributed by atoms with Gasteiger partial charge in [0.2, 0.25) is 5.91 Å². The molecule has 0 aliphatic heterocycles. The highest BCUT2D eigenvalue weighted by molar-refractivity contribution is 7.92. The Hall–Kier alpha value is -2.07. The van der Waals surface area contributed by atoms with Crippen molar-refractivity contribution < 1.29 is 13.2 Å². The summed E-state index contributed by atoms with van der Waals surface area (Å²) in [6.07, 6.45) is 0.137. The number of amides is 1. The molecule has 6 nitrogen and oxygen atoms in total. The van der Waals surface area contributed by atoms with Crippen LogP contribution in [0.4, 0.5) is 5.69 Å². The van der Waals surface area contributed by atoms with Gasteiger partial charge in [-0.25, -0.2) is 8.42 Å². The number of nitrogens with one attached hydrogen (secondary N) is 1. The van der Waals surface area contributed by atoms with Crippen molar-refractivity contribution in [1.29, 1.82) is 5.26 Å². The lowest BCUT2D eigenvalue weighted by atomic mass is 10.2. The van der Waals surface area contributed by atoms with E-state index in [1.807, 2.05) is 6.07 Å². The lowest BCUT2D eigenvalue weighted by Gasteiger charge is -2.09. The third-order valence-corrected chi connectivity index (χ3v) is 4.17. The number of carbonyl (C=O) groups is 1. The Kier molecular flexibility index (Phi) is 4.89. The number of rotatable bonds is 5. The maximum Gasteiger partial charge on any atom is 0.235 e. The van der Waals surface area contributed by atoms with Crippen LogP contribution in [-0.2, 0) is 14.6 Å². The van der Waals surface area contributed by atoms with Crippen molar-refractivity contribution in [3.05, 3.63) is 23.8 Å². The van der Waals surface area contributed by atoms with Crippen LogP contribution in [0.1, 0.15) is 12.0 Å². The molecule has 1 aromatic rings. The molecule has 19 heavy (non-hydrogen) atoms. The second kappa shape index (κ2) is 6.20. The highest BCUT2D eigenvalue weighted by atomic mass is 32.2. The smallest absolute Gasteiger partial charge is 0.235 e. The van der Waals surface area contributed by atoms with Gasteiger partial charge < -0.3 is 11.1 Å². The van der Waals surface area contributed by atoms with Gasteiger partial charge >= 0.3 is 0 Å². The van der Waals surface area contributed by atoms with Gasteiger partial charge in [0, 0.05) is 6.54 Å². The van der Waals surface area contributed by atoms with Gasteiger partial charge in [0.1, 0.15) is 5.75 Å². The highest BCUT2D eigenvalue weighted by Gasteiger charge is 2.22. The number of benzene rings is 1. The van der Waals surface area contributed by atoms with Crippen molar-refractivity contribution in [3.8, 4) is 6.07 Å². The van der Waals surface area contributed by atoms with Gasteiger partial charge in [0.05, 0.1) is 23.1 Å². The van der Waals surface area contributed by atoms with Gasteiger partial charge in [-0.3, -0.25) is 4.79 Å². The van der Waals surface area contributed by atoms with Crippen molar-refractivity contribution >= 4 is 21.4 Å². The summed E-state index contributed by atoms with van der Waals surface area (Å²) < 4.78 is 24.1. The molecular formula is C12H15N3O3S. The van der Waals surface area contributed by atoms with E-state index in [-0.39, 0.29) is 23.5 Å². The molecule has 0 heterocycles. The van der Waals surface area contributed by atoms with Crippen LogP contribution in [0.15, 0.2) is 23.1 Å². The first-order valence-electron chi connectivity index (χ1n) is 5.60. The summed E-state index contributed by atoms with van der Waals surface area (Å²) in [5.41, 5.74) is 6.52. The minimum Gasteiger partial charge on any atom is -0.397 e. The normalized spacial score (nSPS) is 10.7. The van der Waals surface area contributed by atoms with E-state index in [1.165, 1.54) is 6.07 Å². The number of carbonyl (C=O) groups excluding carboxylic acids is 1. The monoisotopic (exact) mass is 281 g/mol. The molecule has 0 spiro atoms. The van der Waals surface area contributed by atoms with Gasteiger partial charge in [-0.1, -0.05) is 12.1 Å². The van der Waals surface area contributed by atoms with E-state index in [1.54, 1.807) is 19.1 Å². The zero-order chi connectivity index (χ0) is 14.5. The fraction of sp³-hybridized carbons (Fsp3) is 0.333. The van der Waals surface area contributed by atoms with Crippen molar-refractivity contribution in [3.63, 3.8) is 0 Å². The first kappa shape index (κ1) is 15.0. The van der Waals surface area contributed by atoms with Gasteiger partial charge in [-0.05, 0) is 18.6 Å². The van der Waals surface area contributed by atoms with E-state index in [0.717, 1.165) is 0 Å². The second-order valence-corrected chi connectivity index (χ2v) is 5.96. The van der Waals surface area contributed by atoms with Crippen molar-refractivity contribution in [2.75, 3.05) is 18.0 Å². The second-order valence-electron chi connectivity index (χ2n) is 4.00. The standard InChI is InChI=1S/C12H15N3O3S/c1-9-4-2-5-10(12(9)14)19(17,18)8-11(16)15-7-3-6-13/h2,4-5H,3,7-8,14H2,1H3,(H,15,16). The first-order chi connectivity index (χ1) is 8.88. The minimum absolute atomic E-state index is 0.0390. The molecule has 0 saturated carbocycles. The number of aryl methyl sites for hydroxylation is 1. The van der Waals surface area contributed by atoms with Crippen LogP contribution in [-0.4, -0.2) is 26.6 Å². The van der Waals surface area contributed by atoms with Gasteiger partial charge in [-0.15, -0.1) is 0 Å². The van der Waals surface area contributed by atoms with Crippen molar-refractivity contribution in [2.24, 2.45) is 0 Å². The number of sulfone groups is 1. The van der Waals surface area contributed by atoms with E-state index in [4.69, 9.17) is 11.0 Å². The fourth-order valence-corrected chi connectivity index (χ4v) is 2.87. The molecule has 0 fully saturated rings. The number of anilines is 1. The van der Waals surface area contributed by atoms with Crippen LogP contribution in [0, 0.1) is 18.3 Å². The number of hydrogen-bond donors (Lipinski definition) is 2. The molecule has 0 aliphatic rings. The van der Waals surface area contributed by atoms with E-state index in [0.29, 0.717) is 5.56 Å². The topological polar surface area (TPSA) is 113 Å². The molecule has 0 aromatic heterocycles. The Morgan fingerprint density at radius 3 is 2.79 bits per heavy atom. The maximum absolute atomic E-state index is 12.0. The zero-order valence-corrected chi connectivity index (χ0v) is 11.3. The summed E-state index contributed by atoms with van der Waals surface area (Å²) in [5.74, 6) is -1.32. The van der Waals surface area contributed by atoms with E-state index < -0.39 is 21.5 Å². The third-order valence-electron chi connectivity index (χ3n) is 2.50. The van der Waals surface area contributed by atoms with Crippen LogP contribution in [0.3, 0.4) is 0 Å². The number of nitrogen functional groups attached to an aromatic ring is 1. The first-order valence-corrected chi connectivity index (χ1v) is 7.25. The summed E-state index contributed by atoms with van der Waals surface area (Å²) in [5, 5.41) is 10.7. The van der Waals surface area contributed by atoms with Crippen LogP contribution in [0.25, 0.3) is 0 Å². The molecule has 0 saturated heterocycles. The number of nitriles is 1. The molecule has 0 radical (unpaired) electrons. The lowest BCUT2D eigenvalue weighted by molar-refractivity contribution is -0.118. The Morgan fingerprint density at radius 2 is 2.16 bits per heavy atom. The summed E-state index contributed by atoms with van der Waals surface area (Å²) in [6.45, 7) is 1.83. The number of nitrogens with zero attached hydrogens (tertiary/aromatic N) is 1. The number of para-hydroxylation sites is 1. The summed E-state index contributed by atoms with van der Waals surface area (Å²) in [7, 11) is -3.77. The Balaban J connectivity index is 2.85. The highest BCUT2D eigenvalue weighted by Crippen LogP contribution is 2.22. The maximum atomic E-state index is 12.0. The molecule has 102 valence electrons. The SMILES string of the molecule is Cc1cccc(S(=O)(=O)CC(=O)NCCC#N)c1N. The summed E-state index contributed by atoms with van der Waals surface area (Å²) >= 11 is 0. The summed E-state index contributed by atoms with van der Waals surface area (Å²) in [4.78, 5) is 11.4. The average molecular weight is 281 g/mol. The molecular weight excluding hydrogens is 266 g/mol. The Labute approximate surface area is 112 Å². The molecule has 1 amide bonds. The zero-order valence-electron chi connectivity index (χ0n) is 10.5. The Morgan fingerprint density at radius 1 is 1.47 bits per heavy atom. The van der Waals surface area contributed by atoms with Crippen molar-refractivity contribution in [1.82, 2.24) is 5.32 Å². The van der Waals surface area contributed by atoms with E-state index in [2.05, 4.69) is 5.32 Å². The molecule has 0 atom stereocenters. The Bertz CT molecular complexity index is 618. The van der Waals surface area contributed by atoms with Gasteiger partial charge in [0.25, 0.3) is 0 Å². The van der Waals surface area contributed by atoms with Crippen LogP contribution >= 0.6 is 0 Å². The lowest BCUT2D eigenvalue weighted by Crippen LogP contribution is -2.31. The number of hydrogen-bond acceptors (Lipinski definition) is 5. The summed E-state index contributed by atoms with van der Waals surface area (Å²) in [6, 6.07) is 6.50. The molecule has 7 heteroatoms. The molecule has 0 aliphatic carbocycles. The minimum atomic E-state index is -3.77. The number of nitrogens with two attached hydrogens (primary N) is 1. The van der Waals surface area contributed by atoms with Gasteiger partial charge in [-0.2, -0.15) is 5.26 Å². The molecule has 3 N–H and O–H groups in total. The van der Waals surface area contributed by atoms with E-state index >= 15 is 0 Å². The third kappa shape index (κ3) is 3.96. The fourth-order valence-electron chi connectivity index (χ4n) is 1.48. The predicted molar refractivity (Wildman–Crippen MR) is 70.9 cm³/mol.